The Morgan fingerprint density at radius 3 is 2.56 bits per heavy atom. The third kappa shape index (κ3) is 1.74. The molecule has 0 unspecified atom stereocenters. The van der Waals surface area contributed by atoms with E-state index in [-0.39, 0.29) is 0 Å². The standard InChI is InChI=1S/C6H7NO2/c7-6(3-4-6)2-1-5(8)9/h3-4,7H2,(H,8,9). The third-order valence-electron chi connectivity index (χ3n) is 1.21. The summed E-state index contributed by atoms with van der Waals surface area (Å²) in [5.74, 6) is 3.35. The number of carboxylic acid groups (broad SMARTS) is 1. The van der Waals surface area contributed by atoms with E-state index in [1.165, 1.54) is 0 Å². The molecule has 9 heavy (non-hydrogen) atoms. The van der Waals surface area contributed by atoms with Crippen LogP contribution in [0.15, 0.2) is 0 Å². The van der Waals surface area contributed by atoms with Crippen LogP contribution in [0.25, 0.3) is 0 Å². The van der Waals surface area contributed by atoms with Gasteiger partial charge in [0.25, 0.3) is 0 Å². The van der Waals surface area contributed by atoms with Gasteiger partial charge in [-0.15, -0.1) is 0 Å². The van der Waals surface area contributed by atoms with Gasteiger partial charge in [-0.1, -0.05) is 5.92 Å². The first-order valence-electron chi connectivity index (χ1n) is 2.67. The van der Waals surface area contributed by atoms with Crippen molar-refractivity contribution in [3.8, 4) is 11.8 Å². The van der Waals surface area contributed by atoms with E-state index in [0.29, 0.717) is 0 Å². The van der Waals surface area contributed by atoms with Crippen LogP contribution in [-0.4, -0.2) is 16.6 Å². The Morgan fingerprint density at radius 2 is 2.22 bits per heavy atom. The van der Waals surface area contributed by atoms with E-state index in [1.54, 1.807) is 0 Å². The van der Waals surface area contributed by atoms with Crippen molar-refractivity contribution >= 4 is 5.97 Å². The molecule has 0 bridgehead atoms. The summed E-state index contributed by atoms with van der Waals surface area (Å²) < 4.78 is 0. The Morgan fingerprint density at radius 1 is 1.67 bits per heavy atom. The smallest absolute Gasteiger partial charge is 0.381 e. The topological polar surface area (TPSA) is 63.3 Å². The van der Waals surface area contributed by atoms with Crippen LogP contribution in [0.1, 0.15) is 12.8 Å². The van der Waals surface area contributed by atoms with Crippen molar-refractivity contribution < 1.29 is 9.90 Å². The van der Waals surface area contributed by atoms with Crippen LogP contribution in [0.2, 0.25) is 0 Å². The molecule has 0 heterocycles. The number of nitrogens with two attached hydrogens (primary N) is 1. The zero-order valence-corrected chi connectivity index (χ0v) is 4.85. The highest BCUT2D eigenvalue weighted by Crippen LogP contribution is 2.30. The van der Waals surface area contributed by atoms with Gasteiger partial charge in [0.15, 0.2) is 0 Å². The zero-order chi connectivity index (χ0) is 6.91. The van der Waals surface area contributed by atoms with Crippen molar-refractivity contribution in [2.24, 2.45) is 5.73 Å². The highest BCUT2D eigenvalue weighted by Gasteiger charge is 2.36. The predicted molar refractivity (Wildman–Crippen MR) is 31.6 cm³/mol. The molecule has 1 saturated carbocycles. The number of rotatable bonds is 0. The van der Waals surface area contributed by atoms with Crippen LogP contribution in [0.3, 0.4) is 0 Å². The molecule has 1 fully saturated rings. The van der Waals surface area contributed by atoms with Gasteiger partial charge < -0.3 is 10.8 Å². The summed E-state index contributed by atoms with van der Waals surface area (Å²) in [5.41, 5.74) is 5.00. The van der Waals surface area contributed by atoms with Crippen molar-refractivity contribution in [3.05, 3.63) is 0 Å². The third-order valence-corrected chi connectivity index (χ3v) is 1.21. The molecule has 3 nitrogen and oxygen atoms in total. The van der Waals surface area contributed by atoms with Gasteiger partial charge in [0, 0.05) is 5.92 Å². The Kier molecular flexibility index (Phi) is 1.19. The SMILES string of the molecule is NC1(C#CC(=O)O)CC1. The minimum atomic E-state index is -1.10. The highest BCUT2D eigenvalue weighted by molar-refractivity contribution is 5.86. The molecule has 0 aromatic carbocycles. The fourth-order valence-corrected chi connectivity index (χ4v) is 0.438. The van der Waals surface area contributed by atoms with Gasteiger partial charge in [-0.3, -0.25) is 0 Å². The molecule has 0 amide bonds. The Hall–Kier alpha value is -1.01. The Balaban J connectivity index is 2.51. The molecule has 0 aromatic rings. The maximum atomic E-state index is 9.84. The number of hydrogen-bond acceptors (Lipinski definition) is 2. The fourth-order valence-electron chi connectivity index (χ4n) is 0.438. The summed E-state index contributed by atoms with van der Waals surface area (Å²) >= 11 is 0. The molecule has 3 N–H and O–H groups in total. The second-order valence-electron chi connectivity index (χ2n) is 2.21. The van der Waals surface area contributed by atoms with E-state index in [2.05, 4.69) is 5.92 Å². The number of carbonyl (C=O) groups is 1. The van der Waals surface area contributed by atoms with E-state index in [4.69, 9.17) is 10.8 Å². The summed E-state index contributed by atoms with van der Waals surface area (Å²) in [6, 6.07) is 0. The van der Waals surface area contributed by atoms with Crippen molar-refractivity contribution in [2.75, 3.05) is 0 Å². The normalized spacial score (nSPS) is 19.7. The lowest BCUT2D eigenvalue weighted by atomic mass is 10.3. The summed E-state index contributed by atoms with van der Waals surface area (Å²) in [6.07, 6.45) is 1.65. The van der Waals surface area contributed by atoms with Crippen LogP contribution in [0.5, 0.6) is 0 Å². The van der Waals surface area contributed by atoms with Crippen molar-refractivity contribution in [1.82, 2.24) is 0 Å². The molecule has 0 aromatic heterocycles. The summed E-state index contributed by atoms with van der Waals surface area (Å²) in [7, 11) is 0. The lowest BCUT2D eigenvalue weighted by Crippen LogP contribution is -2.18. The first kappa shape index (κ1) is 6.12. The zero-order valence-electron chi connectivity index (χ0n) is 4.85. The van der Waals surface area contributed by atoms with Crippen molar-refractivity contribution in [1.29, 1.82) is 0 Å². The molecule has 1 rings (SSSR count). The molecule has 0 saturated heterocycles. The highest BCUT2D eigenvalue weighted by atomic mass is 16.4. The lowest BCUT2D eigenvalue weighted by Gasteiger charge is -1.90. The van der Waals surface area contributed by atoms with Gasteiger partial charge in [0.1, 0.15) is 0 Å². The fraction of sp³-hybridized carbons (Fsp3) is 0.500. The van der Waals surface area contributed by atoms with Gasteiger partial charge in [-0.05, 0) is 12.8 Å². The van der Waals surface area contributed by atoms with Crippen LogP contribution < -0.4 is 5.73 Å². The monoisotopic (exact) mass is 125 g/mol. The number of hydrogen-bond donors (Lipinski definition) is 2. The molecule has 1 aliphatic rings. The predicted octanol–water partition coefficient (Wildman–Crippen LogP) is -0.434. The van der Waals surface area contributed by atoms with Crippen LogP contribution in [-0.2, 0) is 4.79 Å². The van der Waals surface area contributed by atoms with Gasteiger partial charge >= 0.3 is 5.97 Å². The molecule has 3 heteroatoms. The number of aliphatic carboxylic acids is 1. The molecule has 48 valence electrons. The molecule has 0 atom stereocenters. The maximum Gasteiger partial charge on any atom is 0.381 e. The summed E-state index contributed by atoms with van der Waals surface area (Å²) in [4.78, 5) is 9.84. The van der Waals surface area contributed by atoms with Crippen LogP contribution in [0.4, 0.5) is 0 Å². The second-order valence-corrected chi connectivity index (χ2v) is 2.21. The lowest BCUT2D eigenvalue weighted by molar-refractivity contribution is -0.130. The molecule has 1 aliphatic carbocycles. The van der Waals surface area contributed by atoms with Gasteiger partial charge in [-0.2, -0.15) is 0 Å². The van der Waals surface area contributed by atoms with Crippen LogP contribution >= 0.6 is 0 Å². The van der Waals surface area contributed by atoms with E-state index in [9.17, 15) is 4.79 Å². The van der Waals surface area contributed by atoms with Gasteiger partial charge in [0.2, 0.25) is 0 Å². The summed E-state index contributed by atoms with van der Waals surface area (Å²) in [5, 5.41) is 8.08. The number of carboxylic acids is 1. The minimum absolute atomic E-state index is 0.460. The maximum absolute atomic E-state index is 9.84. The molecule has 0 spiro atoms. The molecule has 0 radical (unpaired) electrons. The second kappa shape index (κ2) is 1.74. The molecule has 0 aliphatic heterocycles. The molecular formula is C6H7NO2. The Labute approximate surface area is 52.9 Å². The first-order chi connectivity index (χ1) is 4.12. The summed E-state index contributed by atoms with van der Waals surface area (Å²) in [6.45, 7) is 0. The molecular weight excluding hydrogens is 118 g/mol. The first-order valence-corrected chi connectivity index (χ1v) is 2.67. The van der Waals surface area contributed by atoms with E-state index in [1.807, 2.05) is 5.92 Å². The van der Waals surface area contributed by atoms with E-state index >= 15 is 0 Å². The van der Waals surface area contributed by atoms with E-state index in [0.717, 1.165) is 12.8 Å². The largest absolute Gasteiger partial charge is 0.472 e. The average Bonchev–Trinajstić information content (AvgIpc) is 2.45. The van der Waals surface area contributed by atoms with Crippen molar-refractivity contribution in [2.45, 2.75) is 18.4 Å². The van der Waals surface area contributed by atoms with Crippen LogP contribution in [0, 0.1) is 11.8 Å². The Bertz CT molecular complexity index is 195. The van der Waals surface area contributed by atoms with Gasteiger partial charge in [-0.25, -0.2) is 4.79 Å². The van der Waals surface area contributed by atoms with E-state index < -0.39 is 11.5 Å². The van der Waals surface area contributed by atoms with Crippen molar-refractivity contribution in [3.63, 3.8) is 0 Å². The quantitative estimate of drug-likeness (QED) is 0.431. The van der Waals surface area contributed by atoms with Gasteiger partial charge in [0.05, 0.1) is 5.54 Å². The minimum Gasteiger partial charge on any atom is -0.472 e. The average molecular weight is 125 g/mol.